The largest absolute Gasteiger partial charge is 0.477 e. The number of aromatic nitrogens is 1. The zero-order chi connectivity index (χ0) is 22.3. The highest BCUT2D eigenvalue weighted by Gasteiger charge is 2.24. The van der Waals surface area contributed by atoms with E-state index >= 15 is 0 Å². The summed E-state index contributed by atoms with van der Waals surface area (Å²) >= 11 is 7.07. The van der Waals surface area contributed by atoms with Crippen molar-refractivity contribution in [3.8, 4) is 11.1 Å². The number of benzene rings is 3. The van der Waals surface area contributed by atoms with Crippen LogP contribution in [0.1, 0.15) is 42.4 Å². The van der Waals surface area contributed by atoms with Gasteiger partial charge in [0.2, 0.25) is 0 Å². The molecule has 3 nitrogen and oxygen atoms in total. The van der Waals surface area contributed by atoms with E-state index in [4.69, 9.17) is 0 Å². The third-order valence-corrected chi connectivity index (χ3v) is 6.39. The normalized spacial score (nSPS) is 11.8. The van der Waals surface area contributed by atoms with Crippen LogP contribution in [0.5, 0.6) is 0 Å². The van der Waals surface area contributed by atoms with Crippen molar-refractivity contribution < 1.29 is 9.90 Å². The second-order valence-corrected chi connectivity index (χ2v) is 10.6. The predicted molar refractivity (Wildman–Crippen MR) is 134 cm³/mol. The van der Waals surface area contributed by atoms with Crippen molar-refractivity contribution >= 4 is 48.7 Å². The summed E-state index contributed by atoms with van der Waals surface area (Å²) in [6.45, 7) is 6.98. The van der Waals surface area contributed by atoms with Crippen LogP contribution in [-0.4, -0.2) is 15.6 Å². The van der Waals surface area contributed by atoms with E-state index in [2.05, 4.69) is 64.8 Å². The minimum absolute atomic E-state index is 0.0379. The van der Waals surface area contributed by atoms with Gasteiger partial charge in [-0.15, -0.1) is 0 Å². The summed E-state index contributed by atoms with van der Waals surface area (Å²) in [6, 6.07) is 22.2. The molecule has 1 heterocycles. The first-order valence-corrected chi connectivity index (χ1v) is 11.6. The highest BCUT2D eigenvalue weighted by atomic mass is 79.9. The summed E-state index contributed by atoms with van der Waals surface area (Å²) in [4.78, 5) is 12.5. The number of rotatable bonds is 4. The van der Waals surface area contributed by atoms with Crippen LogP contribution >= 0.6 is 31.9 Å². The fraction of sp³-hybridized carbons (Fsp3) is 0.192. The number of carbonyl (C=O) groups is 1. The van der Waals surface area contributed by atoms with E-state index in [0.29, 0.717) is 12.2 Å². The molecule has 0 aliphatic heterocycles. The predicted octanol–water partition coefficient (Wildman–Crippen LogP) is 7.88. The quantitative estimate of drug-likeness (QED) is 0.286. The molecule has 0 saturated heterocycles. The van der Waals surface area contributed by atoms with Crippen LogP contribution in [0.15, 0.2) is 75.7 Å². The second kappa shape index (κ2) is 8.29. The number of carboxylic acid groups (broad SMARTS) is 1. The first-order chi connectivity index (χ1) is 14.6. The lowest BCUT2D eigenvalue weighted by Gasteiger charge is -2.19. The number of carboxylic acids is 1. The van der Waals surface area contributed by atoms with Gasteiger partial charge >= 0.3 is 5.97 Å². The molecule has 158 valence electrons. The van der Waals surface area contributed by atoms with Crippen LogP contribution < -0.4 is 0 Å². The lowest BCUT2D eigenvalue weighted by Crippen LogP contribution is -2.11. The van der Waals surface area contributed by atoms with E-state index in [1.807, 2.05) is 59.2 Å². The number of para-hydroxylation sites is 1. The highest BCUT2D eigenvalue weighted by Crippen LogP contribution is 2.37. The van der Waals surface area contributed by atoms with Crippen molar-refractivity contribution in [2.75, 3.05) is 0 Å². The molecule has 1 N–H and O–H groups in total. The molecule has 0 saturated carbocycles. The van der Waals surface area contributed by atoms with Crippen LogP contribution in [0.4, 0.5) is 0 Å². The lowest BCUT2D eigenvalue weighted by molar-refractivity contribution is 0.0687. The van der Waals surface area contributed by atoms with Gasteiger partial charge in [-0.05, 0) is 46.4 Å². The average Bonchev–Trinajstić information content (AvgIpc) is 3.01. The molecule has 5 heteroatoms. The summed E-state index contributed by atoms with van der Waals surface area (Å²) in [6.07, 6.45) is 0. The third kappa shape index (κ3) is 4.35. The van der Waals surface area contributed by atoms with E-state index < -0.39 is 5.97 Å². The molecule has 0 amide bonds. The topological polar surface area (TPSA) is 42.2 Å². The van der Waals surface area contributed by atoms with Crippen molar-refractivity contribution in [2.45, 2.75) is 32.7 Å². The van der Waals surface area contributed by atoms with Gasteiger partial charge in [-0.2, -0.15) is 0 Å². The summed E-state index contributed by atoms with van der Waals surface area (Å²) in [5.41, 5.74) is 5.16. The summed E-state index contributed by atoms with van der Waals surface area (Å²) in [5, 5.41) is 11.2. The number of nitrogens with zero attached hydrogens (tertiary/aromatic N) is 1. The standard InChI is InChI=1S/C26H23Br2NO2/c1-26(2,3)18-10-8-17(9-11-18)23-21-6-4-5-7-22(21)29(24(23)25(30)31)15-16-12-19(27)14-20(28)13-16/h4-14H,15H2,1-3H3,(H,30,31). The van der Waals surface area contributed by atoms with Crippen LogP contribution in [0.3, 0.4) is 0 Å². The first kappa shape index (κ1) is 21.8. The Hall–Kier alpha value is -2.37. The van der Waals surface area contributed by atoms with Gasteiger partial charge in [-0.3, -0.25) is 0 Å². The molecular formula is C26H23Br2NO2. The minimum Gasteiger partial charge on any atom is -0.477 e. The van der Waals surface area contributed by atoms with Crippen LogP contribution in [0.25, 0.3) is 22.0 Å². The Kier molecular flexibility index (Phi) is 5.84. The van der Waals surface area contributed by atoms with E-state index in [0.717, 1.165) is 36.5 Å². The number of hydrogen-bond donors (Lipinski definition) is 1. The minimum atomic E-state index is -0.930. The molecule has 0 bridgehead atoms. The molecular weight excluding hydrogens is 518 g/mol. The van der Waals surface area contributed by atoms with Gasteiger partial charge in [0.15, 0.2) is 0 Å². The molecule has 0 radical (unpaired) electrons. The van der Waals surface area contributed by atoms with Crippen LogP contribution in [-0.2, 0) is 12.0 Å². The highest BCUT2D eigenvalue weighted by molar-refractivity contribution is 9.11. The van der Waals surface area contributed by atoms with Crippen LogP contribution in [0.2, 0.25) is 0 Å². The van der Waals surface area contributed by atoms with Crippen LogP contribution in [0, 0.1) is 0 Å². The number of fused-ring (bicyclic) bond motifs is 1. The molecule has 0 unspecified atom stereocenters. The van der Waals surface area contributed by atoms with Gasteiger partial charge < -0.3 is 9.67 Å². The van der Waals surface area contributed by atoms with Crippen molar-refractivity contribution in [1.82, 2.24) is 4.57 Å². The molecule has 4 aromatic rings. The fourth-order valence-electron chi connectivity index (χ4n) is 4.00. The van der Waals surface area contributed by atoms with E-state index in [-0.39, 0.29) is 5.41 Å². The molecule has 0 spiro atoms. The van der Waals surface area contributed by atoms with Crippen molar-refractivity contribution in [3.63, 3.8) is 0 Å². The van der Waals surface area contributed by atoms with Gasteiger partial charge in [-0.1, -0.05) is 95.1 Å². The van der Waals surface area contributed by atoms with E-state index in [1.165, 1.54) is 5.56 Å². The molecule has 0 aliphatic carbocycles. The van der Waals surface area contributed by atoms with Gasteiger partial charge in [0.1, 0.15) is 5.69 Å². The molecule has 0 atom stereocenters. The number of aromatic carboxylic acids is 1. The Morgan fingerprint density at radius 2 is 1.55 bits per heavy atom. The third-order valence-electron chi connectivity index (χ3n) is 5.48. The Balaban J connectivity index is 1.94. The smallest absolute Gasteiger partial charge is 0.353 e. The maximum Gasteiger partial charge on any atom is 0.353 e. The van der Waals surface area contributed by atoms with Crippen molar-refractivity contribution in [2.24, 2.45) is 0 Å². The van der Waals surface area contributed by atoms with Gasteiger partial charge in [-0.25, -0.2) is 4.79 Å². The first-order valence-electron chi connectivity index (χ1n) is 10.1. The summed E-state index contributed by atoms with van der Waals surface area (Å²) in [7, 11) is 0. The fourth-order valence-corrected chi connectivity index (χ4v) is 5.39. The lowest BCUT2D eigenvalue weighted by atomic mass is 9.86. The molecule has 4 rings (SSSR count). The summed E-state index contributed by atoms with van der Waals surface area (Å²) < 4.78 is 3.80. The average molecular weight is 541 g/mol. The van der Waals surface area contributed by atoms with E-state index in [1.54, 1.807) is 0 Å². The maximum absolute atomic E-state index is 12.5. The Labute approximate surface area is 199 Å². The zero-order valence-corrected chi connectivity index (χ0v) is 20.8. The monoisotopic (exact) mass is 539 g/mol. The van der Waals surface area contributed by atoms with Gasteiger partial charge in [0.25, 0.3) is 0 Å². The van der Waals surface area contributed by atoms with Gasteiger partial charge in [0, 0.05) is 32.0 Å². The van der Waals surface area contributed by atoms with Crippen molar-refractivity contribution in [1.29, 1.82) is 0 Å². The van der Waals surface area contributed by atoms with Crippen molar-refractivity contribution in [3.05, 3.63) is 92.5 Å². The molecule has 31 heavy (non-hydrogen) atoms. The Bertz CT molecular complexity index is 1260. The zero-order valence-electron chi connectivity index (χ0n) is 17.6. The molecule has 3 aromatic carbocycles. The second-order valence-electron chi connectivity index (χ2n) is 8.74. The SMILES string of the molecule is CC(C)(C)c1ccc(-c2c(C(=O)O)n(Cc3cc(Br)cc(Br)c3)c3ccccc23)cc1. The Morgan fingerprint density at radius 3 is 2.13 bits per heavy atom. The number of halogens is 2. The molecule has 0 aliphatic rings. The maximum atomic E-state index is 12.5. The Morgan fingerprint density at radius 1 is 0.935 bits per heavy atom. The van der Waals surface area contributed by atoms with Gasteiger partial charge in [0.05, 0.1) is 0 Å². The number of hydrogen-bond acceptors (Lipinski definition) is 1. The van der Waals surface area contributed by atoms with E-state index in [9.17, 15) is 9.90 Å². The molecule has 0 fully saturated rings. The summed E-state index contributed by atoms with van der Waals surface area (Å²) in [5.74, 6) is -0.930. The molecule has 1 aromatic heterocycles.